The lowest BCUT2D eigenvalue weighted by molar-refractivity contribution is -0.131. The highest BCUT2D eigenvalue weighted by atomic mass is 16.5. The molecule has 98 valence electrons. The minimum absolute atomic E-state index is 0.101. The van der Waals surface area contributed by atoms with Gasteiger partial charge in [-0.05, 0) is 12.8 Å². The Labute approximate surface area is 101 Å². The van der Waals surface area contributed by atoms with Gasteiger partial charge >= 0.3 is 0 Å². The van der Waals surface area contributed by atoms with E-state index in [0.717, 1.165) is 25.9 Å². The highest BCUT2D eigenvalue weighted by Gasteiger charge is 2.19. The molecule has 1 saturated heterocycles. The molecule has 1 fully saturated rings. The lowest BCUT2D eigenvalue weighted by Gasteiger charge is -2.16. The predicted molar refractivity (Wildman–Crippen MR) is 63.3 cm³/mol. The fourth-order valence-corrected chi connectivity index (χ4v) is 1.84. The third kappa shape index (κ3) is 4.32. The van der Waals surface area contributed by atoms with Crippen LogP contribution in [0.15, 0.2) is 0 Å². The van der Waals surface area contributed by atoms with Gasteiger partial charge in [0.15, 0.2) is 0 Å². The van der Waals surface area contributed by atoms with Gasteiger partial charge in [-0.2, -0.15) is 0 Å². The summed E-state index contributed by atoms with van der Waals surface area (Å²) >= 11 is 0. The summed E-state index contributed by atoms with van der Waals surface area (Å²) < 4.78 is 4.89. The third-order valence-electron chi connectivity index (χ3n) is 2.89. The Morgan fingerprint density at radius 1 is 1.41 bits per heavy atom. The van der Waals surface area contributed by atoms with Gasteiger partial charge in [-0.3, -0.25) is 9.59 Å². The molecular formula is C11H21N3O3. The molecule has 1 atom stereocenters. The number of methoxy groups -OCH3 is 1. The first-order chi connectivity index (χ1) is 8.19. The topological polar surface area (TPSA) is 84.7 Å². The summed E-state index contributed by atoms with van der Waals surface area (Å²) in [4.78, 5) is 25.0. The summed E-state index contributed by atoms with van der Waals surface area (Å²) in [5.41, 5.74) is 5.35. The average molecular weight is 243 g/mol. The Morgan fingerprint density at radius 2 is 2.06 bits per heavy atom. The van der Waals surface area contributed by atoms with Gasteiger partial charge in [0.05, 0.1) is 0 Å². The van der Waals surface area contributed by atoms with E-state index in [1.807, 2.05) is 4.90 Å². The number of nitrogens with one attached hydrogen (secondary N) is 1. The number of hydrogen-bond donors (Lipinski definition) is 2. The molecule has 1 rings (SSSR count). The Kier molecular flexibility index (Phi) is 5.93. The molecule has 0 aromatic heterocycles. The van der Waals surface area contributed by atoms with E-state index < -0.39 is 6.10 Å². The fraction of sp³-hybridized carbons (Fsp3) is 0.818. The summed E-state index contributed by atoms with van der Waals surface area (Å²) in [6.07, 6.45) is 1.87. The molecule has 0 saturated carbocycles. The van der Waals surface area contributed by atoms with Crippen LogP contribution in [0.1, 0.15) is 19.3 Å². The fourth-order valence-electron chi connectivity index (χ4n) is 1.84. The van der Waals surface area contributed by atoms with E-state index in [2.05, 4.69) is 5.32 Å². The highest BCUT2D eigenvalue weighted by Crippen LogP contribution is 2.08. The highest BCUT2D eigenvalue weighted by molar-refractivity contribution is 5.82. The lowest BCUT2D eigenvalue weighted by atomic mass is 10.3. The second-order valence-electron chi connectivity index (χ2n) is 4.09. The van der Waals surface area contributed by atoms with Crippen molar-refractivity contribution in [2.75, 3.05) is 33.3 Å². The van der Waals surface area contributed by atoms with Crippen LogP contribution in [0.5, 0.6) is 0 Å². The number of amides is 2. The molecule has 17 heavy (non-hydrogen) atoms. The molecule has 0 spiro atoms. The molecule has 1 unspecified atom stereocenters. The SMILES string of the molecule is COC(CN)C(=O)NCCC(=O)N1CCCC1. The summed E-state index contributed by atoms with van der Waals surface area (Å²) in [7, 11) is 1.44. The predicted octanol–water partition coefficient (Wildman–Crippen LogP) is -0.911. The van der Waals surface area contributed by atoms with Gasteiger partial charge in [-0.25, -0.2) is 0 Å². The first-order valence-electron chi connectivity index (χ1n) is 5.97. The molecule has 1 aliphatic heterocycles. The first-order valence-corrected chi connectivity index (χ1v) is 5.97. The van der Waals surface area contributed by atoms with Crippen molar-refractivity contribution in [3.63, 3.8) is 0 Å². The summed E-state index contributed by atoms with van der Waals surface area (Å²) in [6, 6.07) is 0. The second kappa shape index (κ2) is 7.24. The molecule has 0 bridgehead atoms. The minimum atomic E-state index is -0.628. The molecule has 0 radical (unpaired) electrons. The van der Waals surface area contributed by atoms with E-state index in [0.29, 0.717) is 13.0 Å². The van der Waals surface area contributed by atoms with Gasteiger partial charge in [0.1, 0.15) is 6.10 Å². The van der Waals surface area contributed by atoms with Crippen LogP contribution in [-0.2, 0) is 14.3 Å². The Hall–Kier alpha value is -1.14. The quantitative estimate of drug-likeness (QED) is 0.632. The van der Waals surface area contributed by atoms with Crippen LogP contribution in [0.2, 0.25) is 0 Å². The van der Waals surface area contributed by atoms with Crippen molar-refractivity contribution in [3.8, 4) is 0 Å². The van der Waals surface area contributed by atoms with Gasteiger partial charge < -0.3 is 20.7 Å². The number of rotatable bonds is 6. The Bertz CT molecular complexity index is 247. The molecule has 6 heteroatoms. The molecular weight excluding hydrogens is 222 g/mol. The normalized spacial score (nSPS) is 16.9. The van der Waals surface area contributed by atoms with E-state index in [-0.39, 0.29) is 18.4 Å². The summed E-state index contributed by atoms with van der Waals surface area (Å²) in [6.45, 7) is 2.17. The van der Waals surface area contributed by atoms with E-state index in [1.54, 1.807) is 0 Å². The zero-order valence-corrected chi connectivity index (χ0v) is 10.3. The smallest absolute Gasteiger partial charge is 0.250 e. The molecule has 1 heterocycles. The molecule has 1 aliphatic rings. The molecule has 3 N–H and O–H groups in total. The Morgan fingerprint density at radius 3 is 2.59 bits per heavy atom. The maximum Gasteiger partial charge on any atom is 0.250 e. The molecule has 0 aromatic carbocycles. The van der Waals surface area contributed by atoms with Crippen LogP contribution in [0.25, 0.3) is 0 Å². The van der Waals surface area contributed by atoms with Crippen molar-refractivity contribution in [1.82, 2.24) is 10.2 Å². The molecule has 0 aliphatic carbocycles. The molecule has 2 amide bonds. The van der Waals surface area contributed by atoms with E-state index in [1.165, 1.54) is 7.11 Å². The number of hydrogen-bond acceptors (Lipinski definition) is 4. The van der Waals surface area contributed by atoms with Gasteiger partial charge in [0.2, 0.25) is 11.8 Å². The van der Waals surface area contributed by atoms with E-state index >= 15 is 0 Å². The number of likely N-dealkylation sites (tertiary alicyclic amines) is 1. The van der Waals surface area contributed by atoms with E-state index in [4.69, 9.17) is 10.5 Å². The van der Waals surface area contributed by atoms with Crippen LogP contribution in [-0.4, -0.2) is 56.1 Å². The lowest BCUT2D eigenvalue weighted by Crippen LogP contribution is -2.42. The number of ether oxygens (including phenoxy) is 1. The standard InChI is InChI=1S/C11H21N3O3/c1-17-9(8-12)11(16)13-5-4-10(15)14-6-2-3-7-14/h9H,2-8,12H2,1H3,(H,13,16). The van der Waals surface area contributed by atoms with E-state index in [9.17, 15) is 9.59 Å². The number of nitrogens with zero attached hydrogens (tertiary/aromatic N) is 1. The van der Waals surface area contributed by atoms with Crippen LogP contribution in [0, 0.1) is 0 Å². The van der Waals surface area contributed by atoms with Gasteiger partial charge in [0.25, 0.3) is 0 Å². The van der Waals surface area contributed by atoms with Crippen molar-refractivity contribution < 1.29 is 14.3 Å². The second-order valence-corrected chi connectivity index (χ2v) is 4.09. The van der Waals surface area contributed by atoms with Crippen molar-refractivity contribution in [2.45, 2.75) is 25.4 Å². The monoisotopic (exact) mass is 243 g/mol. The van der Waals surface area contributed by atoms with Crippen LogP contribution in [0.3, 0.4) is 0 Å². The third-order valence-corrected chi connectivity index (χ3v) is 2.89. The maximum absolute atomic E-state index is 11.7. The molecule has 6 nitrogen and oxygen atoms in total. The zero-order valence-electron chi connectivity index (χ0n) is 10.3. The summed E-state index contributed by atoms with van der Waals surface area (Å²) in [5, 5.41) is 2.65. The minimum Gasteiger partial charge on any atom is -0.370 e. The van der Waals surface area contributed by atoms with Gasteiger partial charge in [-0.15, -0.1) is 0 Å². The van der Waals surface area contributed by atoms with Gasteiger partial charge in [0, 0.05) is 39.7 Å². The maximum atomic E-state index is 11.7. The van der Waals surface area contributed by atoms with Crippen LogP contribution < -0.4 is 11.1 Å². The first kappa shape index (κ1) is 13.9. The zero-order chi connectivity index (χ0) is 12.7. The van der Waals surface area contributed by atoms with Crippen LogP contribution in [0.4, 0.5) is 0 Å². The van der Waals surface area contributed by atoms with Crippen molar-refractivity contribution in [2.24, 2.45) is 5.73 Å². The number of nitrogens with two attached hydrogens (primary N) is 1. The summed E-state index contributed by atoms with van der Waals surface area (Å²) in [5.74, 6) is -0.159. The number of carbonyl (C=O) groups excluding carboxylic acids is 2. The van der Waals surface area contributed by atoms with Crippen molar-refractivity contribution in [1.29, 1.82) is 0 Å². The number of carbonyl (C=O) groups is 2. The van der Waals surface area contributed by atoms with Crippen molar-refractivity contribution >= 4 is 11.8 Å². The van der Waals surface area contributed by atoms with Crippen LogP contribution >= 0.6 is 0 Å². The Balaban J connectivity index is 2.18. The van der Waals surface area contributed by atoms with Crippen molar-refractivity contribution in [3.05, 3.63) is 0 Å². The average Bonchev–Trinajstić information content (AvgIpc) is 2.84. The molecule has 0 aromatic rings. The largest absolute Gasteiger partial charge is 0.370 e. The van der Waals surface area contributed by atoms with Gasteiger partial charge in [-0.1, -0.05) is 0 Å².